The molecule has 1 aromatic carbocycles. The van der Waals surface area contributed by atoms with Crippen molar-refractivity contribution in [3.63, 3.8) is 0 Å². The zero-order chi connectivity index (χ0) is 14.6. The van der Waals surface area contributed by atoms with Gasteiger partial charge in [-0.15, -0.1) is 0 Å². The Balaban J connectivity index is 1.87. The Morgan fingerprint density at radius 3 is 2.67 bits per heavy atom. The summed E-state index contributed by atoms with van der Waals surface area (Å²) in [6.07, 6.45) is 4.12. The van der Waals surface area contributed by atoms with Crippen molar-refractivity contribution in [3.8, 4) is 5.69 Å². The van der Waals surface area contributed by atoms with Gasteiger partial charge in [-0.05, 0) is 56.5 Å². The Hall–Kier alpha value is -1.46. The summed E-state index contributed by atoms with van der Waals surface area (Å²) in [5, 5.41) is 7.53. The molecule has 2 aliphatic heterocycles. The van der Waals surface area contributed by atoms with Crippen molar-refractivity contribution in [2.24, 2.45) is 0 Å². The molecule has 4 nitrogen and oxygen atoms in total. The third kappa shape index (κ3) is 1.99. The lowest BCUT2D eigenvalue weighted by Gasteiger charge is -2.20. The summed E-state index contributed by atoms with van der Waals surface area (Å²) >= 11 is 5.50. The van der Waals surface area contributed by atoms with Crippen molar-refractivity contribution < 1.29 is 4.74 Å². The number of fused-ring (bicyclic) bond motifs is 2. The maximum absolute atomic E-state index is 6.00. The van der Waals surface area contributed by atoms with E-state index in [0.29, 0.717) is 22.9 Å². The van der Waals surface area contributed by atoms with Crippen LogP contribution in [0.3, 0.4) is 0 Å². The zero-order valence-corrected chi connectivity index (χ0v) is 13.1. The van der Waals surface area contributed by atoms with Crippen LogP contribution in [0, 0.1) is 18.6 Å². The van der Waals surface area contributed by atoms with Gasteiger partial charge >= 0.3 is 0 Å². The Bertz CT molecular complexity index is 728. The Labute approximate surface area is 129 Å². The van der Waals surface area contributed by atoms with Crippen molar-refractivity contribution in [2.45, 2.75) is 51.2 Å². The van der Waals surface area contributed by atoms with E-state index in [4.69, 9.17) is 17.0 Å². The minimum atomic E-state index is 0.309. The monoisotopic (exact) mass is 301 g/mol. The standard InChI is InChI=1S/C16H19N3OS/c1-9-4-3-5-10(2)14(9)19-15(17-18-16(19)21)12-8-11-6-7-13(12)20-11/h3-5,11-13H,6-8H2,1-2H3,(H,18,21)/t11-,12+,13-/m1/s1. The van der Waals surface area contributed by atoms with Crippen LogP contribution in [0.4, 0.5) is 0 Å². The van der Waals surface area contributed by atoms with Crippen molar-refractivity contribution in [3.05, 3.63) is 39.9 Å². The van der Waals surface area contributed by atoms with E-state index in [1.165, 1.54) is 17.5 Å². The van der Waals surface area contributed by atoms with Gasteiger partial charge in [0.1, 0.15) is 5.82 Å². The first-order chi connectivity index (χ1) is 10.1. The average molecular weight is 301 g/mol. The number of aromatic amines is 1. The summed E-state index contributed by atoms with van der Waals surface area (Å²) in [5.74, 6) is 1.39. The van der Waals surface area contributed by atoms with Crippen LogP contribution in [0.5, 0.6) is 0 Å². The second-order valence-corrected chi connectivity index (χ2v) is 6.57. The molecule has 5 heteroatoms. The van der Waals surface area contributed by atoms with E-state index in [-0.39, 0.29) is 0 Å². The summed E-state index contributed by atoms with van der Waals surface area (Å²) in [6.45, 7) is 4.25. The minimum absolute atomic E-state index is 0.309. The Kier molecular flexibility index (Phi) is 3.01. The van der Waals surface area contributed by atoms with Crippen LogP contribution >= 0.6 is 12.2 Å². The number of hydrogen-bond acceptors (Lipinski definition) is 3. The zero-order valence-electron chi connectivity index (χ0n) is 12.3. The smallest absolute Gasteiger partial charge is 0.199 e. The van der Waals surface area contributed by atoms with Crippen LogP contribution in [0.2, 0.25) is 0 Å². The first-order valence-electron chi connectivity index (χ1n) is 7.54. The van der Waals surface area contributed by atoms with Crippen LogP contribution in [-0.2, 0) is 4.74 Å². The van der Waals surface area contributed by atoms with Gasteiger partial charge in [-0.2, -0.15) is 5.10 Å². The normalized spacial score (nSPS) is 27.4. The van der Waals surface area contributed by atoms with E-state index in [1.807, 2.05) is 0 Å². The SMILES string of the molecule is Cc1cccc(C)c1-n1c([C@H]2C[C@H]3CC[C@H]2O3)n[nH]c1=S. The van der Waals surface area contributed by atoms with Gasteiger partial charge in [-0.25, -0.2) is 0 Å². The lowest BCUT2D eigenvalue weighted by atomic mass is 9.88. The summed E-state index contributed by atoms with van der Waals surface area (Å²) in [6, 6.07) is 6.33. The molecule has 0 aliphatic carbocycles. The second-order valence-electron chi connectivity index (χ2n) is 6.18. The van der Waals surface area contributed by atoms with Crippen molar-refractivity contribution in [1.29, 1.82) is 0 Å². The summed E-state index contributed by atoms with van der Waals surface area (Å²) in [4.78, 5) is 0. The van der Waals surface area contributed by atoms with E-state index in [2.05, 4.69) is 46.8 Å². The summed E-state index contributed by atoms with van der Waals surface area (Å²) < 4.78 is 8.79. The van der Waals surface area contributed by atoms with Crippen molar-refractivity contribution in [1.82, 2.24) is 14.8 Å². The molecular weight excluding hydrogens is 282 g/mol. The number of aromatic nitrogens is 3. The topological polar surface area (TPSA) is 42.8 Å². The number of nitrogens with zero attached hydrogens (tertiary/aromatic N) is 2. The maximum Gasteiger partial charge on any atom is 0.199 e. The molecule has 0 spiro atoms. The number of aryl methyl sites for hydroxylation is 2. The van der Waals surface area contributed by atoms with Gasteiger partial charge < -0.3 is 4.74 Å². The highest BCUT2D eigenvalue weighted by atomic mass is 32.1. The number of nitrogens with one attached hydrogen (secondary N) is 1. The molecule has 2 saturated heterocycles. The minimum Gasteiger partial charge on any atom is -0.374 e. The van der Waals surface area contributed by atoms with E-state index in [1.54, 1.807) is 0 Å². The van der Waals surface area contributed by atoms with Gasteiger partial charge in [-0.3, -0.25) is 9.67 Å². The fraction of sp³-hybridized carbons (Fsp3) is 0.500. The first-order valence-corrected chi connectivity index (χ1v) is 7.95. The molecule has 2 aliphatic rings. The molecule has 3 atom stereocenters. The highest BCUT2D eigenvalue weighted by molar-refractivity contribution is 7.71. The number of hydrogen-bond donors (Lipinski definition) is 1. The highest BCUT2D eigenvalue weighted by Gasteiger charge is 2.43. The van der Waals surface area contributed by atoms with E-state index in [0.717, 1.165) is 24.4 Å². The van der Waals surface area contributed by atoms with E-state index < -0.39 is 0 Å². The molecule has 1 aromatic heterocycles. The van der Waals surface area contributed by atoms with Crippen molar-refractivity contribution >= 4 is 12.2 Å². The molecule has 0 unspecified atom stereocenters. The molecular formula is C16H19N3OS. The van der Waals surface area contributed by atoms with Crippen LogP contribution in [-0.4, -0.2) is 27.0 Å². The van der Waals surface area contributed by atoms with Gasteiger partial charge in [0.25, 0.3) is 0 Å². The quantitative estimate of drug-likeness (QED) is 0.862. The molecule has 0 amide bonds. The predicted molar refractivity (Wildman–Crippen MR) is 83.5 cm³/mol. The van der Waals surface area contributed by atoms with Gasteiger partial charge in [0.05, 0.1) is 17.9 Å². The summed E-state index contributed by atoms with van der Waals surface area (Å²) in [7, 11) is 0. The third-order valence-electron chi connectivity index (χ3n) is 4.80. The molecule has 2 fully saturated rings. The number of ether oxygens (including phenoxy) is 1. The number of H-pyrrole nitrogens is 1. The molecule has 0 radical (unpaired) electrons. The highest BCUT2D eigenvalue weighted by Crippen LogP contribution is 2.44. The predicted octanol–water partition coefficient (Wildman–Crippen LogP) is 3.58. The van der Waals surface area contributed by atoms with Crippen LogP contribution < -0.4 is 0 Å². The van der Waals surface area contributed by atoms with Gasteiger partial charge in [-0.1, -0.05) is 18.2 Å². The first kappa shape index (κ1) is 13.2. The van der Waals surface area contributed by atoms with Crippen LogP contribution in [0.25, 0.3) is 5.69 Å². The molecule has 110 valence electrons. The van der Waals surface area contributed by atoms with Crippen LogP contribution in [0.15, 0.2) is 18.2 Å². The van der Waals surface area contributed by atoms with E-state index in [9.17, 15) is 0 Å². The second kappa shape index (κ2) is 4.78. The summed E-state index contributed by atoms with van der Waals surface area (Å²) in [5.41, 5.74) is 3.60. The van der Waals surface area contributed by atoms with Crippen LogP contribution in [0.1, 0.15) is 42.1 Å². The molecule has 2 bridgehead atoms. The molecule has 3 heterocycles. The van der Waals surface area contributed by atoms with Crippen molar-refractivity contribution in [2.75, 3.05) is 0 Å². The molecule has 1 N–H and O–H groups in total. The van der Waals surface area contributed by atoms with Gasteiger partial charge in [0, 0.05) is 5.92 Å². The molecule has 0 saturated carbocycles. The van der Waals surface area contributed by atoms with E-state index >= 15 is 0 Å². The fourth-order valence-electron chi connectivity index (χ4n) is 3.84. The number of para-hydroxylation sites is 1. The fourth-order valence-corrected chi connectivity index (χ4v) is 4.07. The Morgan fingerprint density at radius 1 is 1.29 bits per heavy atom. The number of benzene rings is 1. The third-order valence-corrected chi connectivity index (χ3v) is 5.07. The molecule has 2 aromatic rings. The molecule has 4 rings (SSSR count). The lowest BCUT2D eigenvalue weighted by molar-refractivity contribution is 0.0997. The van der Waals surface area contributed by atoms with Gasteiger partial charge in [0.15, 0.2) is 4.77 Å². The number of rotatable bonds is 2. The lowest BCUT2D eigenvalue weighted by Crippen LogP contribution is -2.19. The molecule has 21 heavy (non-hydrogen) atoms. The largest absolute Gasteiger partial charge is 0.374 e. The maximum atomic E-state index is 6.00. The average Bonchev–Trinajstić information content (AvgIpc) is 3.15. The Morgan fingerprint density at radius 2 is 2.05 bits per heavy atom. The van der Waals surface area contributed by atoms with Gasteiger partial charge in [0.2, 0.25) is 0 Å².